The molecule has 0 radical (unpaired) electrons. The van der Waals surface area contributed by atoms with Crippen LogP contribution in [0, 0.1) is 3.57 Å². The predicted molar refractivity (Wildman–Crippen MR) is 130 cm³/mol. The summed E-state index contributed by atoms with van der Waals surface area (Å²) in [5.41, 5.74) is 0.709. The average Bonchev–Trinajstić information content (AvgIpc) is 3.14. The molecule has 168 valence electrons. The molecule has 0 spiro atoms. The first-order valence-electron chi connectivity index (χ1n) is 10.3. The van der Waals surface area contributed by atoms with Gasteiger partial charge in [-0.15, -0.1) is 0 Å². The van der Waals surface area contributed by atoms with Crippen molar-refractivity contribution in [1.82, 2.24) is 19.3 Å². The number of hydrogen-bond donors (Lipinski definition) is 1. The van der Waals surface area contributed by atoms with E-state index in [0.29, 0.717) is 37.6 Å². The highest BCUT2D eigenvalue weighted by Crippen LogP contribution is 2.18. The van der Waals surface area contributed by atoms with Gasteiger partial charge in [0.05, 0.1) is 11.8 Å². The first kappa shape index (κ1) is 22.3. The van der Waals surface area contributed by atoms with Crippen LogP contribution >= 0.6 is 22.6 Å². The van der Waals surface area contributed by atoms with Crippen molar-refractivity contribution in [1.29, 1.82) is 0 Å². The molecule has 0 aliphatic carbocycles. The van der Waals surface area contributed by atoms with Crippen LogP contribution in [0.5, 0.6) is 0 Å². The first-order chi connectivity index (χ1) is 15.2. The Morgan fingerprint density at radius 2 is 1.81 bits per heavy atom. The van der Waals surface area contributed by atoms with Gasteiger partial charge in [-0.3, -0.25) is 4.79 Å². The Labute approximate surface area is 199 Å². The van der Waals surface area contributed by atoms with Crippen molar-refractivity contribution >= 4 is 51.9 Å². The van der Waals surface area contributed by atoms with Crippen LogP contribution in [-0.2, 0) is 4.74 Å². The lowest BCUT2D eigenvalue weighted by molar-refractivity contribution is 0.0240. The number of fused-ring (bicyclic) bond motifs is 1. The largest absolute Gasteiger partial charge is 0.444 e. The summed E-state index contributed by atoms with van der Waals surface area (Å²) in [5, 5.41) is 2.82. The molecule has 1 fully saturated rings. The third-order valence-electron chi connectivity index (χ3n) is 4.92. The number of pyridine rings is 2. The number of anilines is 2. The van der Waals surface area contributed by atoms with Gasteiger partial charge >= 0.3 is 6.09 Å². The molecule has 4 heterocycles. The number of hydrogen-bond acceptors (Lipinski definition) is 6. The smallest absolute Gasteiger partial charge is 0.410 e. The third kappa shape index (κ3) is 5.29. The zero-order chi connectivity index (χ0) is 22.9. The SMILES string of the molecule is CC(C)(C)OC(=O)N1CCN(c2ccc(C(=O)Nc3cn4cc(I)ccc4n3)cn2)CC1. The summed E-state index contributed by atoms with van der Waals surface area (Å²) in [6.07, 6.45) is 4.99. The molecule has 3 aromatic heterocycles. The van der Waals surface area contributed by atoms with E-state index in [-0.39, 0.29) is 12.0 Å². The van der Waals surface area contributed by atoms with Gasteiger partial charge in [-0.25, -0.2) is 14.8 Å². The standard InChI is InChI=1S/C22H25IN6O3/c1-22(2,3)32-21(31)28-10-8-27(9-11-28)18-6-4-15(12-24-18)20(30)26-17-14-29-13-16(23)5-7-19(29)25-17/h4-7,12-14H,8-11H2,1-3H3,(H,26,30). The van der Waals surface area contributed by atoms with Gasteiger partial charge in [0.1, 0.15) is 17.1 Å². The molecule has 0 unspecified atom stereocenters. The summed E-state index contributed by atoms with van der Waals surface area (Å²) < 4.78 is 8.39. The maximum atomic E-state index is 12.6. The van der Waals surface area contributed by atoms with Gasteiger partial charge in [0, 0.05) is 42.1 Å². The number of halogens is 1. The molecule has 0 bridgehead atoms. The second-order valence-electron chi connectivity index (χ2n) is 8.55. The molecule has 3 aromatic rings. The van der Waals surface area contributed by atoms with E-state index in [4.69, 9.17) is 4.74 Å². The normalized spacial score (nSPS) is 14.5. The number of carbonyl (C=O) groups excluding carboxylic acids is 2. The summed E-state index contributed by atoms with van der Waals surface area (Å²) >= 11 is 2.23. The van der Waals surface area contributed by atoms with Crippen molar-refractivity contribution in [3.8, 4) is 0 Å². The predicted octanol–water partition coefficient (Wildman–Crippen LogP) is 3.64. The van der Waals surface area contributed by atoms with Crippen LogP contribution in [0.3, 0.4) is 0 Å². The van der Waals surface area contributed by atoms with Crippen molar-refractivity contribution < 1.29 is 14.3 Å². The van der Waals surface area contributed by atoms with E-state index in [9.17, 15) is 9.59 Å². The maximum Gasteiger partial charge on any atom is 0.410 e. The van der Waals surface area contributed by atoms with Crippen molar-refractivity contribution in [3.63, 3.8) is 0 Å². The molecule has 1 aliphatic heterocycles. The average molecular weight is 548 g/mol. The zero-order valence-electron chi connectivity index (χ0n) is 18.2. The van der Waals surface area contributed by atoms with E-state index in [2.05, 4.69) is 42.8 Å². The fourth-order valence-electron chi connectivity index (χ4n) is 3.37. The summed E-state index contributed by atoms with van der Waals surface area (Å²) in [6.45, 7) is 8.00. The number of piperazine rings is 1. The molecule has 32 heavy (non-hydrogen) atoms. The Hall–Kier alpha value is -2.89. The fraction of sp³-hybridized carbons (Fsp3) is 0.364. The Balaban J connectivity index is 1.34. The minimum Gasteiger partial charge on any atom is -0.444 e. The highest BCUT2D eigenvalue weighted by molar-refractivity contribution is 14.1. The lowest BCUT2D eigenvalue weighted by Crippen LogP contribution is -2.50. The lowest BCUT2D eigenvalue weighted by atomic mass is 10.2. The number of ether oxygens (including phenoxy) is 1. The second kappa shape index (κ2) is 8.93. The topological polar surface area (TPSA) is 92.1 Å². The van der Waals surface area contributed by atoms with Crippen LogP contribution in [0.2, 0.25) is 0 Å². The lowest BCUT2D eigenvalue weighted by Gasteiger charge is -2.36. The molecule has 1 N–H and O–H groups in total. The number of nitrogens with one attached hydrogen (secondary N) is 1. The van der Waals surface area contributed by atoms with E-state index in [0.717, 1.165) is 15.0 Å². The third-order valence-corrected chi connectivity index (χ3v) is 5.56. The minimum absolute atomic E-state index is 0.267. The first-order valence-corrected chi connectivity index (χ1v) is 11.4. The number of nitrogens with zero attached hydrogens (tertiary/aromatic N) is 5. The van der Waals surface area contributed by atoms with Crippen LogP contribution in [0.4, 0.5) is 16.4 Å². The van der Waals surface area contributed by atoms with Crippen LogP contribution in [0.1, 0.15) is 31.1 Å². The number of aromatic nitrogens is 3. The van der Waals surface area contributed by atoms with E-state index >= 15 is 0 Å². The van der Waals surface area contributed by atoms with Crippen LogP contribution in [0.15, 0.2) is 42.9 Å². The summed E-state index contributed by atoms with van der Waals surface area (Å²) in [6, 6.07) is 7.43. The van der Waals surface area contributed by atoms with Gasteiger partial charge in [0.2, 0.25) is 0 Å². The Bertz CT molecular complexity index is 1130. The molecule has 10 heteroatoms. The second-order valence-corrected chi connectivity index (χ2v) is 9.80. The van der Waals surface area contributed by atoms with Crippen LogP contribution < -0.4 is 10.2 Å². The highest BCUT2D eigenvalue weighted by Gasteiger charge is 2.26. The van der Waals surface area contributed by atoms with Crippen molar-refractivity contribution in [2.75, 3.05) is 36.4 Å². The molecule has 9 nitrogen and oxygen atoms in total. The summed E-state index contributed by atoms with van der Waals surface area (Å²) in [5.74, 6) is 0.990. The number of amides is 2. The summed E-state index contributed by atoms with van der Waals surface area (Å²) in [7, 11) is 0. The molecule has 0 aromatic carbocycles. The Kier molecular flexibility index (Phi) is 6.22. The highest BCUT2D eigenvalue weighted by atomic mass is 127. The van der Waals surface area contributed by atoms with Crippen molar-refractivity contribution in [3.05, 3.63) is 52.0 Å². The maximum absolute atomic E-state index is 12.6. The molecule has 2 amide bonds. The van der Waals surface area contributed by atoms with Gasteiger partial charge in [-0.1, -0.05) is 0 Å². The zero-order valence-corrected chi connectivity index (χ0v) is 20.4. The number of rotatable bonds is 3. The van der Waals surface area contributed by atoms with E-state index in [1.807, 2.05) is 49.6 Å². The van der Waals surface area contributed by atoms with Gasteiger partial charge in [-0.05, 0) is 67.6 Å². The molecular formula is C22H25IN6O3. The molecule has 0 saturated carbocycles. The Morgan fingerprint density at radius 3 is 2.47 bits per heavy atom. The summed E-state index contributed by atoms with van der Waals surface area (Å²) in [4.78, 5) is 37.5. The van der Waals surface area contributed by atoms with Crippen molar-refractivity contribution in [2.24, 2.45) is 0 Å². The molecule has 1 saturated heterocycles. The van der Waals surface area contributed by atoms with Gasteiger partial charge < -0.3 is 24.3 Å². The minimum atomic E-state index is -0.506. The monoisotopic (exact) mass is 548 g/mol. The molecule has 0 atom stereocenters. The molecular weight excluding hydrogens is 523 g/mol. The Morgan fingerprint density at radius 1 is 1.06 bits per heavy atom. The van der Waals surface area contributed by atoms with Gasteiger partial charge in [0.25, 0.3) is 5.91 Å². The van der Waals surface area contributed by atoms with E-state index < -0.39 is 5.60 Å². The van der Waals surface area contributed by atoms with E-state index in [1.165, 1.54) is 0 Å². The quantitative estimate of drug-likeness (QED) is 0.503. The van der Waals surface area contributed by atoms with Gasteiger partial charge in [-0.2, -0.15) is 0 Å². The van der Waals surface area contributed by atoms with Gasteiger partial charge in [0.15, 0.2) is 5.82 Å². The van der Waals surface area contributed by atoms with Crippen molar-refractivity contribution in [2.45, 2.75) is 26.4 Å². The number of imidazole rings is 1. The van der Waals surface area contributed by atoms with Crippen LogP contribution in [0.25, 0.3) is 5.65 Å². The van der Waals surface area contributed by atoms with Crippen LogP contribution in [-0.4, -0.2) is 63.0 Å². The van der Waals surface area contributed by atoms with E-state index in [1.54, 1.807) is 23.4 Å². The number of carbonyl (C=O) groups is 2. The fourth-order valence-corrected chi connectivity index (χ4v) is 3.85. The molecule has 4 rings (SSSR count). The molecule has 1 aliphatic rings.